The molecule has 0 spiro atoms. The van der Waals surface area contributed by atoms with E-state index in [0.29, 0.717) is 21.9 Å². The van der Waals surface area contributed by atoms with E-state index in [9.17, 15) is 14.0 Å². The van der Waals surface area contributed by atoms with E-state index >= 15 is 0 Å². The number of nitrogens with zero attached hydrogens (tertiary/aromatic N) is 1. The van der Waals surface area contributed by atoms with Crippen LogP contribution in [0.1, 0.15) is 20.8 Å². The lowest BCUT2D eigenvalue weighted by Gasteiger charge is -2.04. The lowest BCUT2D eigenvalue weighted by atomic mass is 10.1. The third kappa shape index (κ3) is 4.33. The highest BCUT2D eigenvalue weighted by atomic mass is 32.1. The van der Waals surface area contributed by atoms with Crippen molar-refractivity contribution in [2.24, 2.45) is 0 Å². The van der Waals surface area contributed by atoms with Crippen molar-refractivity contribution in [3.8, 4) is 0 Å². The smallest absolute Gasteiger partial charge is 0.256 e. The number of fused-ring (bicyclic) bond motifs is 1. The summed E-state index contributed by atoms with van der Waals surface area (Å²) >= 11 is 1.37. The molecule has 2 aromatic heterocycles. The summed E-state index contributed by atoms with van der Waals surface area (Å²) in [6, 6.07) is 14.7. The second-order valence-corrected chi connectivity index (χ2v) is 7.70. The van der Waals surface area contributed by atoms with Crippen LogP contribution in [0.25, 0.3) is 10.2 Å². The number of thiophene rings is 1. The molecule has 2 aromatic carbocycles. The summed E-state index contributed by atoms with van der Waals surface area (Å²) in [5.74, 6) is -0.314. The van der Waals surface area contributed by atoms with E-state index in [1.165, 1.54) is 35.6 Å². The number of benzene rings is 2. The van der Waals surface area contributed by atoms with E-state index in [-0.39, 0.29) is 24.1 Å². The molecular formula is C21H17FN4O2S. The van der Waals surface area contributed by atoms with Crippen molar-refractivity contribution < 1.29 is 14.0 Å². The van der Waals surface area contributed by atoms with Crippen LogP contribution in [0.2, 0.25) is 0 Å². The maximum Gasteiger partial charge on any atom is 0.256 e. The molecule has 0 unspecified atom stereocenters. The summed E-state index contributed by atoms with van der Waals surface area (Å²) in [7, 11) is 0. The molecule has 0 saturated heterocycles. The predicted molar refractivity (Wildman–Crippen MR) is 112 cm³/mol. The topological polar surface area (TPSA) is 86.9 Å². The number of nitrogens with one attached hydrogen (secondary N) is 3. The van der Waals surface area contributed by atoms with E-state index in [0.717, 1.165) is 15.8 Å². The van der Waals surface area contributed by atoms with Gasteiger partial charge in [-0.3, -0.25) is 14.7 Å². The molecule has 0 saturated carbocycles. The molecule has 0 aliphatic rings. The second kappa shape index (κ2) is 7.84. The number of anilines is 2. The van der Waals surface area contributed by atoms with Gasteiger partial charge in [0, 0.05) is 16.1 Å². The number of aromatic nitrogens is 2. The van der Waals surface area contributed by atoms with Crippen LogP contribution in [0, 0.1) is 12.7 Å². The molecule has 0 atom stereocenters. The minimum Gasteiger partial charge on any atom is -0.326 e. The number of halogens is 1. The fourth-order valence-corrected chi connectivity index (χ4v) is 3.90. The fraction of sp³-hybridized carbons (Fsp3) is 0.0952. The van der Waals surface area contributed by atoms with Crippen molar-refractivity contribution in [2.75, 3.05) is 10.6 Å². The molecule has 0 aliphatic carbocycles. The Morgan fingerprint density at radius 1 is 1.10 bits per heavy atom. The van der Waals surface area contributed by atoms with Crippen molar-refractivity contribution in [2.45, 2.75) is 13.3 Å². The van der Waals surface area contributed by atoms with Gasteiger partial charge in [-0.2, -0.15) is 5.10 Å². The second-order valence-electron chi connectivity index (χ2n) is 6.59. The summed E-state index contributed by atoms with van der Waals surface area (Å²) < 4.78 is 13.0. The van der Waals surface area contributed by atoms with Gasteiger partial charge in [-0.25, -0.2) is 4.39 Å². The van der Waals surface area contributed by atoms with Crippen LogP contribution in [-0.2, 0) is 11.2 Å². The number of aromatic amines is 1. The van der Waals surface area contributed by atoms with E-state index in [2.05, 4.69) is 20.8 Å². The third-order valence-corrected chi connectivity index (χ3v) is 5.31. The van der Waals surface area contributed by atoms with E-state index in [4.69, 9.17) is 0 Å². The highest BCUT2D eigenvalue weighted by Crippen LogP contribution is 2.30. The zero-order chi connectivity index (χ0) is 20.4. The van der Waals surface area contributed by atoms with Gasteiger partial charge in [0.2, 0.25) is 5.91 Å². The minimum atomic E-state index is -0.359. The predicted octanol–water partition coefficient (Wildman–Crippen LogP) is 4.51. The van der Waals surface area contributed by atoms with Gasteiger partial charge in [0.25, 0.3) is 5.91 Å². The van der Waals surface area contributed by atoms with E-state index < -0.39 is 0 Å². The first-order valence-corrected chi connectivity index (χ1v) is 9.70. The number of rotatable bonds is 5. The van der Waals surface area contributed by atoms with Crippen LogP contribution in [-0.4, -0.2) is 22.0 Å². The Morgan fingerprint density at radius 3 is 2.66 bits per heavy atom. The maximum absolute atomic E-state index is 13.0. The first-order valence-electron chi connectivity index (χ1n) is 8.88. The van der Waals surface area contributed by atoms with Crippen LogP contribution >= 0.6 is 11.3 Å². The van der Waals surface area contributed by atoms with Gasteiger partial charge in [-0.1, -0.05) is 17.7 Å². The maximum atomic E-state index is 13.0. The number of carbonyl (C=O) groups is 2. The summed E-state index contributed by atoms with van der Waals surface area (Å²) in [5.41, 5.74) is 2.09. The zero-order valence-corrected chi connectivity index (χ0v) is 16.3. The van der Waals surface area contributed by atoms with E-state index in [1.807, 2.05) is 31.2 Å². The molecule has 0 aliphatic heterocycles. The Balaban J connectivity index is 1.46. The Morgan fingerprint density at radius 2 is 1.90 bits per heavy atom. The van der Waals surface area contributed by atoms with Crippen LogP contribution in [0.3, 0.4) is 0 Å². The van der Waals surface area contributed by atoms with Crippen LogP contribution in [0.5, 0.6) is 0 Å². The average Bonchev–Trinajstić information content (AvgIpc) is 3.24. The number of H-pyrrole nitrogens is 1. The number of hydrogen-bond donors (Lipinski definition) is 3. The largest absolute Gasteiger partial charge is 0.326 e. The normalized spacial score (nSPS) is 10.8. The molecule has 0 radical (unpaired) electrons. The summed E-state index contributed by atoms with van der Waals surface area (Å²) in [6.45, 7) is 1.92. The molecule has 8 heteroatoms. The van der Waals surface area contributed by atoms with E-state index in [1.54, 1.807) is 6.07 Å². The van der Waals surface area contributed by atoms with Crippen molar-refractivity contribution in [1.29, 1.82) is 0 Å². The fourth-order valence-electron chi connectivity index (χ4n) is 2.91. The van der Waals surface area contributed by atoms with Gasteiger partial charge in [0.15, 0.2) is 0 Å². The first-order chi connectivity index (χ1) is 14.0. The molecule has 4 aromatic rings. The highest BCUT2D eigenvalue weighted by molar-refractivity contribution is 7.18. The molecular weight excluding hydrogens is 391 g/mol. The summed E-state index contributed by atoms with van der Waals surface area (Å²) in [5, 5.41) is 13.4. The minimum absolute atomic E-state index is 0.156. The molecule has 29 heavy (non-hydrogen) atoms. The number of amides is 2. The Hall–Kier alpha value is -3.52. The molecule has 3 N–H and O–H groups in total. The summed E-state index contributed by atoms with van der Waals surface area (Å²) in [6.07, 6.45) is 0.156. The van der Waals surface area contributed by atoms with Gasteiger partial charge in [-0.15, -0.1) is 11.3 Å². The zero-order valence-electron chi connectivity index (χ0n) is 15.5. The average molecular weight is 408 g/mol. The highest BCUT2D eigenvalue weighted by Gasteiger charge is 2.15. The van der Waals surface area contributed by atoms with Gasteiger partial charge < -0.3 is 10.6 Å². The lowest BCUT2D eigenvalue weighted by Crippen LogP contribution is -2.13. The standard InChI is InChI=1S/C21H17FN4O2S/c1-12-3-2-4-13(9-12)20(28)24-19-17-10-16(29-21(17)26-25-19)11-18(27)23-15-7-5-14(22)6-8-15/h2-10H,11H2,1H3,(H,23,27)(H2,24,25,26,28). The number of carbonyl (C=O) groups excluding carboxylic acids is 2. The van der Waals surface area contributed by atoms with Crippen LogP contribution in [0.4, 0.5) is 15.9 Å². The molecule has 2 amide bonds. The summed E-state index contributed by atoms with van der Waals surface area (Å²) in [4.78, 5) is 26.2. The molecule has 0 bridgehead atoms. The van der Waals surface area contributed by atoms with Gasteiger partial charge in [0.1, 0.15) is 16.5 Å². The Labute approximate surface area is 169 Å². The van der Waals surface area contributed by atoms with Crippen LogP contribution < -0.4 is 10.6 Å². The number of hydrogen-bond acceptors (Lipinski definition) is 4. The van der Waals surface area contributed by atoms with Crippen molar-refractivity contribution in [3.05, 3.63) is 76.4 Å². The van der Waals surface area contributed by atoms with Crippen molar-refractivity contribution in [3.63, 3.8) is 0 Å². The first kappa shape index (κ1) is 18.8. The number of aryl methyl sites for hydroxylation is 1. The quantitative estimate of drug-likeness (QED) is 0.454. The SMILES string of the molecule is Cc1cccc(C(=O)Nc2[nH]nc3sc(CC(=O)Nc4ccc(F)cc4)cc23)c1. The molecule has 4 rings (SSSR count). The van der Waals surface area contributed by atoms with Crippen LogP contribution in [0.15, 0.2) is 54.6 Å². The van der Waals surface area contributed by atoms with Gasteiger partial charge >= 0.3 is 0 Å². The van der Waals surface area contributed by atoms with Crippen molar-refractivity contribution in [1.82, 2.24) is 10.2 Å². The van der Waals surface area contributed by atoms with Crippen molar-refractivity contribution >= 4 is 44.9 Å². The molecule has 0 fully saturated rings. The Kier molecular flexibility index (Phi) is 5.09. The molecule has 146 valence electrons. The molecule has 2 heterocycles. The van der Waals surface area contributed by atoms with Gasteiger partial charge in [0.05, 0.1) is 11.8 Å². The third-order valence-electron chi connectivity index (χ3n) is 4.28. The molecule has 6 nitrogen and oxygen atoms in total. The lowest BCUT2D eigenvalue weighted by molar-refractivity contribution is -0.115. The van der Waals surface area contributed by atoms with Gasteiger partial charge in [-0.05, 0) is 49.4 Å². The Bertz CT molecular complexity index is 1200. The monoisotopic (exact) mass is 408 g/mol.